The fourth-order valence-corrected chi connectivity index (χ4v) is 5.98. The molecular formula is C23H31N3O3S. The number of amides is 1. The predicted octanol–water partition coefficient (Wildman–Crippen LogP) is 4.97. The van der Waals surface area contributed by atoms with Crippen LogP contribution in [0.1, 0.15) is 61.3 Å². The molecular weight excluding hydrogens is 398 g/mol. The van der Waals surface area contributed by atoms with Gasteiger partial charge in [0.2, 0.25) is 0 Å². The minimum atomic E-state index is -0.290. The van der Waals surface area contributed by atoms with Gasteiger partial charge in [-0.3, -0.25) is 0 Å². The number of ether oxygens (including phenoxy) is 2. The van der Waals surface area contributed by atoms with Gasteiger partial charge in [0, 0.05) is 36.9 Å². The van der Waals surface area contributed by atoms with Gasteiger partial charge in [0.05, 0.1) is 19.9 Å². The van der Waals surface area contributed by atoms with Gasteiger partial charge >= 0.3 is 6.09 Å². The highest BCUT2D eigenvalue weighted by molar-refractivity contribution is 7.13. The number of carbonyl (C=O) groups excluding carboxylic acids is 1. The first-order valence-electron chi connectivity index (χ1n) is 10.6. The molecule has 4 rings (SSSR count). The van der Waals surface area contributed by atoms with Gasteiger partial charge in [0.25, 0.3) is 0 Å². The SMILES string of the molecule is CNc1nc([C@]2(C)CN(C(=O)OC)C[C@@H]2c2ccc(OC)c(C3CCCC3)c2)cs1. The van der Waals surface area contributed by atoms with Crippen LogP contribution >= 0.6 is 11.3 Å². The summed E-state index contributed by atoms with van der Waals surface area (Å²) < 4.78 is 10.8. The van der Waals surface area contributed by atoms with Crippen LogP contribution in [0.25, 0.3) is 0 Å². The minimum Gasteiger partial charge on any atom is -0.496 e. The number of carbonyl (C=O) groups is 1. The van der Waals surface area contributed by atoms with E-state index in [1.165, 1.54) is 43.9 Å². The van der Waals surface area contributed by atoms with Gasteiger partial charge in [0.15, 0.2) is 5.13 Å². The smallest absolute Gasteiger partial charge is 0.409 e. The Hall–Kier alpha value is -2.28. The molecule has 1 amide bonds. The van der Waals surface area contributed by atoms with Gasteiger partial charge in [-0.2, -0.15) is 0 Å². The first kappa shape index (κ1) is 21.0. The number of likely N-dealkylation sites (tertiary alicyclic amines) is 1. The highest BCUT2D eigenvalue weighted by atomic mass is 32.1. The van der Waals surface area contributed by atoms with Crippen LogP contribution < -0.4 is 10.1 Å². The Labute approximate surface area is 182 Å². The summed E-state index contributed by atoms with van der Waals surface area (Å²) in [4.78, 5) is 19.0. The van der Waals surface area contributed by atoms with Crippen LogP contribution in [0, 0.1) is 0 Å². The summed E-state index contributed by atoms with van der Waals surface area (Å²) in [6.45, 7) is 3.42. The predicted molar refractivity (Wildman–Crippen MR) is 120 cm³/mol. The van der Waals surface area contributed by atoms with Crippen molar-refractivity contribution in [3.8, 4) is 5.75 Å². The van der Waals surface area contributed by atoms with Crippen LogP contribution in [0.4, 0.5) is 9.93 Å². The van der Waals surface area contributed by atoms with Gasteiger partial charge in [-0.1, -0.05) is 31.9 Å². The van der Waals surface area contributed by atoms with Crippen LogP contribution in [-0.2, 0) is 10.2 Å². The molecule has 0 radical (unpaired) electrons. The quantitative estimate of drug-likeness (QED) is 0.727. The van der Waals surface area contributed by atoms with Crippen molar-refractivity contribution < 1.29 is 14.3 Å². The summed E-state index contributed by atoms with van der Waals surface area (Å²) in [6.07, 6.45) is 4.71. The summed E-state index contributed by atoms with van der Waals surface area (Å²) in [7, 11) is 5.08. The highest BCUT2D eigenvalue weighted by Crippen LogP contribution is 2.48. The second kappa shape index (κ2) is 8.46. The maximum atomic E-state index is 12.4. The number of hydrogen-bond donors (Lipinski definition) is 1. The van der Waals surface area contributed by atoms with E-state index in [1.807, 2.05) is 11.9 Å². The van der Waals surface area contributed by atoms with Crippen molar-refractivity contribution in [2.24, 2.45) is 0 Å². The molecule has 6 nitrogen and oxygen atoms in total. The van der Waals surface area contributed by atoms with E-state index < -0.39 is 0 Å². The van der Waals surface area contributed by atoms with Gasteiger partial charge in [-0.25, -0.2) is 9.78 Å². The molecule has 2 heterocycles. The van der Waals surface area contributed by atoms with Crippen molar-refractivity contribution in [1.29, 1.82) is 0 Å². The second-order valence-electron chi connectivity index (χ2n) is 8.59. The lowest BCUT2D eigenvalue weighted by atomic mass is 9.73. The van der Waals surface area contributed by atoms with Gasteiger partial charge < -0.3 is 19.7 Å². The number of anilines is 1. The minimum absolute atomic E-state index is 0.134. The molecule has 1 saturated heterocycles. The molecule has 0 unspecified atom stereocenters. The summed E-state index contributed by atoms with van der Waals surface area (Å²) in [5.41, 5.74) is 3.28. The zero-order chi connectivity index (χ0) is 21.3. The molecule has 0 bridgehead atoms. The number of methoxy groups -OCH3 is 2. The Bertz CT molecular complexity index is 909. The maximum absolute atomic E-state index is 12.4. The van der Waals surface area contributed by atoms with E-state index in [4.69, 9.17) is 14.5 Å². The third-order valence-corrected chi connectivity index (χ3v) is 7.74. The molecule has 1 aliphatic heterocycles. The van der Waals surface area contributed by atoms with Crippen LogP contribution in [0.2, 0.25) is 0 Å². The third kappa shape index (κ3) is 3.64. The fourth-order valence-electron chi connectivity index (χ4n) is 5.17. The Balaban J connectivity index is 1.75. The van der Waals surface area contributed by atoms with Crippen LogP contribution in [-0.4, -0.2) is 50.3 Å². The topological polar surface area (TPSA) is 63.7 Å². The maximum Gasteiger partial charge on any atom is 0.409 e. The Morgan fingerprint density at radius 3 is 2.70 bits per heavy atom. The molecule has 2 aliphatic rings. The summed E-state index contributed by atoms with van der Waals surface area (Å²) >= 11 is 1.60. The van der Waals surface area contributed by atoms with E-state index in [-0.39, 0.29) is 17.4 Å². The van der Waals surface area contributed by atoms with Gasteiger partial charge in [-0.15, -0.1) is 11.3 Å². The zero-order valence-electron chi connectivity index (χ0n) is 18.2. The Morgan fingerprint density at radius 1 is 1.30 bits per heavy atom. The Kier molecular flexibility index (Phi) is 5.91. The van der Waals surface area contributed by atoms with Crippen LogP contribution in [0.15, 0.2) is 23.6 Å². The lowest BCUT2D eigenvalue weighted by Crippen LogP contribution is -2.34. The number of nitrogens with one attached hydrogen (secondary N) is 1. The molecule has 162 valence electrons. The molecule has 1 aromatic heterocycles. The molecule has 1 N–H and O–H groups in total. The standard InChI is InChI=1S/C23H31N3O3S/c1-23(20-13-30-21(24-2)25-20)14-26(22(27)29-4)12-18(23)16-9-10-19(28-3)17(11-16)15-7-5-6-8-15/h9-11,13,15,18H,5-8,12,14H2,1-4H3,(H,24,25)/t18-,23-/m1/s1. The molecule has 0 spiro atoms. The molecule has 2 aromatic rings. The summed E-state index contributed by atoms with van der Waals surface area (Å²) in [5, 5.41) is 6.14. The van der Waals surface area contributed by atoms with E-state index >= 15 is 0 Å². The average molecular weight is 430 g/mol. The van der Waals surface area contributed by atoms with Crippen molar-refractivity contribution >= 4 is 22.6 Å². The van der Waals surface area contributed by atoms with Crippen molar-refractivity contribution in [2.45, 2.75) is 49.9 Å². The normalized spacial score (nSPS) is 24.3. The molecule has 7 heteroatoms. The Morgan fingerprint density at radius 2 is 2.07 bits per heavy atom. The van der Waals surface area contributed by atoms with Crippen molar-refractivity contribution in [2.75, 3.05) is 39.7 Å². The average Bonchev–Trinajstić information content (AvgIpc) is 3.52. The molecule has 30 heavy (non-hydrogen) atoms. The first-order valence-corrected chi connectivity index (χ1v) is 11.5. The third-order valence-electron chi connectivity index (χ3n) is 6.88. The number of thiazole rings is 1. The summed E-state index contributed by atoms with van der Waals surface area (Å²) in [5.74, 6) is 1.66. The van der Waals surface area contributed by atoms with E-state index in [2.05, 4.69) is 35.8 Å². The monoisotopic (exact) mass is 429 g/mol. The molecule has 2 atom stereocenters. The first-order chi connectivity index (χ1) is 14.5. The number of hydrogen-bond acceptors (Lipinski definition) is 6. The highest BCUT2D eigenvalue weighted by Gasteiger charge is 2.48. The van der Waals surface area contributed by atoms with Crippen LogP contribution in [0.5, 0.6) is 5.75 Å². The number of nitrogens with zero attached hydrogens (tertiary/aromatic N) is 2. The van der Waals surface area contributed by atoms with E-state index in [0.717, 1.165) is 16.6 Å². The largest absolute Gasteiger partial charge is 0.496 e. The van der Waals surface area contributed by atoms with E-state index in [0.29, 0.717) is 19.0 Å². The van der Waals surface area contributed by atoms with Gasteiger partial charge in [-0.05, 0) is 36.0 Å². The van der Waals surface area contributed by atoms with Crippen molar-refractivity contribution in [3.05, 3.63) is 40.4 Å². The van der Waals surface area contributed by atoms with Crippen molar-refractivity contribution in [1.82, 2.24) is 9.88 Å². The molecule has 1 aromatic carbocycles. The second-order valence-corrected chi connectivity index (χ2v) is 9.45. The van der Waals surface area contributed by atoms with Crippen molar-refractivity contribution in [3.63, 3.8) is 0 Å². The van der Waals surface area contributed by atoms with E-state index in [1.54, 1.807) is 18.4 Å². The molecule has 2 fully saturated rings. The van der Waals surface area contributed by atoms with Gasteiger partial charge in [0.1, 0.15) is 5.75 Å². The lowest BCUT2D eigenvalue weighted by molar-refractivity contribution is 0.130. The number of benzene rings is 1. The molecule has 1 aliphatic carbocycles. The molecule has 1 saturated carbocycles. The van der Waals surface area contributed by atoms with Crippen LogP contribution in [0.3, 0.4) is 0 Å². The zero-order valence-corrected chi connectivity index (χ0v) is 19.1. The lowest BCUT2D eigenvalue weighted by Gasteiger charge is -2.30. The van der Waals surface area contributed by atoms with E-state index in [9.17, 15) is 4.79 Å². The fraction of sp³-hybridized carbons (Fsp3) is 0.565. The number of rotatable bonds is 5. The summed E-state index contributed by atoms with van der Waals surface area (Å²) in [6, 6.07) is 6.58. The number of aromatic nitrogens is 1.